The molecule has 2 aromatic heterocycles. The van der Waals surface area contributed by atoms with Gasteiger partial charge in [0.05, 0.1) is 36.3 Å². The Morgan fingerprint density at radius 3 is 2.66 bits per heavy atom. The van der Waals surface area contributed by atoms with Gasteiger partial charge in [-0.25, -0.2) is 9.67 Å². The van der Waals surface area contributed by atoms with Crippen molar-refractivity contribution in [1.29, 1.82) is 0 Å². The van der Waals surface area contributed by atoms with E-state index in [1.807, 2.05) is 6.20 Å². The second-order valence-electron chi connectivity index (χ2n) is 8.65. The van der Waals surface area contributed by atoms with Gasteiger partial charge in [0.2, 0.25) is 0 Å². The Morgan fingerprint density at radius 2 is 1.75 bits per heavy atom. The lowest BCUT2D eigenvalue weighted by Gasteiger charge is -2.29. The summed E-state index contributed by atoms with van der Waals surface area (Å²) in [5, 5.41) is 5.87. The summed E-state index contributed by atoms with van der Waals surface area (Å²) in [4.78, 5) is 6.96. The summed E-state index contributed by atoms with van der Waals surface area (Å²) in [7, 11) is 0. The summed E-state index contributed by atoms with van der Waals surface area (Å²) in [6, 6.07) is 17.1. The standard InChI is InChI=1S/C26H27N5O/c27-26-25(30-11-13-32-14-12-30)16-20-15-18(9-10-22(20)29-26)21-6-2-4-8-24(21)31-23-7-3-1-5-19(23)17-28-31/h2,4,6,8-10,15-17H,1,3,5,7,11-14H2,(H2,27,29). The van der Waals surface area contributed by atoms with E-state index in [1.54, 1.807) is 0 Å². The summed E-state index contributed by atoms with van der Waals surface area (Å²) in [5.41, 5.74) is 14.4. The van der Waals surface area contributed by atoms with Crippen LogP contribution in [0, 0.1) is 0 Å². The molecule has 2 N–H and O–H groups in total. The van der Waals surface area contributed by atoms with E-state index in [4.69, 9.17) is 20.6 Å². The zero-order valence-electron chi connectivity index (χ0n) is 18.1. The number of nitrogens with zero attached hydrogens (tertiary/aromatic N) is 4. The first-order chi connectivity index (χ1) is 15.8. The third kappa shape index (κ3) is 3.31. The largest absolute Gasteiger partial charge is 0.382 e. The monoisotopic (exact) mass is 425 g/mol. The van der Waals surface area contributed by atoms with Gasteiger partial charge in [0.15, 0.2) is 0 Å². The molecule has 1 aliphatic carbocycles. The molecule has 6 rings (SSSR count). The number of morpholine rings is 1. The van der Waals surface area contributed by atoms with Gasteiger partial charge in [-0.2, -0.15) is 5.10 Å². The van der Waals surface area contributed by atoms with Crippen LogP contribution in [-0.2, 0) is 17.6 Å². The second kappa shape index (κ2) is 7.95. The van der Waals surface area contributed by atoms with Crippen molar-refractivity contribution in [2.24, 2.45) is 0 Å². The lowest BCUT2D eigenvalue weighted by Crippen LogP contribution is -2.36. The van der Waals surface area contributed by atoms with Gasteiger partial charge in [-0.1, -0.05) is 24.3 Å². The summed E-state index contributed by atoms with van der Waals surface area (Å²) in [6.07, 6.45) is 6.76. The highest BCUT2D eigenvalue weighted by Crippen LogP contribution is 2.34. The Hall–Kier alpha value is -3.38. The summed E-state index contributed by atoms with van der Waals surface area (Å²) in [6.45, 7) is 3.12. The first-order valence-corrected chi connectivity index (χ1v) is 11.5. The van der Waals surface area contributed by atoms with Crippen LogP contribution >= 0.6 is 0 Å². The molecule has 4 aromatic rings. The van der Waals surface area contributed by atoms with E-state index < -0.39 is 0 Å². The normalized spacial score (nSPS) is 16.3. The SMILES string of the molecule is Nc1nc2ccc(-c3ccccc3-n3ncc4c3CCCC4)cc2cc1N1CCOCC1. The van der Waals surface area contributed by atoms with Crippen LogP contribution in [0.2, 0.25) is 0 Å². The minimum atomic E-state index is 0.579. The maximum atomic E-state index is 6.31. The zero-order valence-corrected chi connectivity index (χ0v) is 18.1. The number of nitrogen functional groups attached to an aromatic ring is 1. The van der Waals surface area contributed by atoms with Gasteiger partial charge in [-0.05, 0) is 61.1 Å². The Kier molecular flexibility index (Phi) is 4.80. The highest BCUT2D eigenvalue weighted by molar-refractivity contribution is 5.91. The van der Waals surface area contributed by atoms with Gasteiger partial charge in [0, 0.05) is 29.7 Å². The number of rotatable bonds is 3. The Labute approximate surface area is 187 Å². The topological polar surface area (TPSA) is 69.2 Å². The molecule has 0 radical (unpaired) electrons. The second-order valence-corrected chi connectivity index (χ2v) is 8.65. The van der Waals surface area contributed by atoms with E-state index in [1.165, 1.54) is 29.7 Å². The third-order valence-electron chi connectivity index (χ3n) is 6.68. The van der Waals surface area contributed by atoms with Crippen molar-refractivity contribution < 1.29 is 4.74 Å². The number of fused-ring (bicyclic) bond motifs is 2. The fraction of sp³-hybridized carbons (Fsp3) is 0.308. The molecule has 0 spiro atoms. The van der Waals surface area contributed by atoms with Crippen molar-refractivity contribution in [1.82, 2.24) is 14.8 Å². The fourth-order valence-electron chi connectivity index (χ4n) is 5.01. The van der Waals surface area contributed by atoms with Crippen LogP contribution in [-0.4, -0.2) is 41.1 Å². The number of ether oxygens (including phenoxy) is 1. The number of aryl methyl sites for hydroxylation is 1. The van der Waals surface area contributed by atoms with Crippen LogP contribution in [0.3, 0.4) is 0 Å². The van der Waals surface area contributed by atoms with Crippen LogP contribution in [0.5, 0.6) is 0 Å². The molecule has 6 nitrogen and oxygen atoms in total. The smallest absolute Gasteiger partial charge is 0.147 e. The number of pyridine rings is 1. The quantitative estimate of drug-likeness (QED) is 0.527. The average molecular weight is 426 g/mol. The van der Waals surface area contributed by atoms with Gasteiger partial charge in [0.1, 0.15) is 5.82 Å². The van der Waals surface area contributed by atoms with Crippen molar-refractivity contribution in [3.05, 3.63) is 66.0 Å². The Balaban J connectivity index is 1.45. The van der Waals surface area contributed by atoms with Gasteiger partial charge in [-0.3, -0.25) is 0 Å². The van der Waals surface area contributed by atoms with E-state index in [9.17, 15) is 0 Å². The number of aromatic nitrogens is 3. The van der Waals surface area contributed by atoms with Gasteiger partial charge in [0.25, 0.3) is 0 Å². The molecular formula is C26H27N5O. The van der Waals surface area contributed by atoms with Crippen LogP contribution in [0.15, 0.2) is 54.7 Å². The number of nitrogens with two attached hydrogens (primary N) is 1. The van der Waals surface area contributed by atoms with Gasteiger partial charge in [-0.15, -0.1) is 0 Å². The molecule has 1 fully saturated rings. The first-order valence-electron chi connectivity index (χ1n) is 11.5. The molecule has 0 atom stereocenters. The Bertz CT molecular complexity index is 1290. The van der Waals surface area contributed by atoms with E-state index in [2.05, 4.69) is 58.1 Å². The molecular weight excluding hydrogens is 398 g/mol. The van der Waals surface area contributed by atoms with Crippen LogP contribution in [0.1, 0.15) is 24.1 Å². The highest BCUT2D eigenvalue weighted by atomic mass is 16.5. The minimum absolute atomic E-state index is 0.579. The molecule has 1 aliphatic heterocycles. The molecule has 2 aromatic carbocycles. The maximum Gasteiger partial charge on any atom is 0.147 e. The molecule has 0 unspecified atom stereocenters. The maximum absolute atomic E-state index is 6.31. The van der Waals surface area contributed by atoms with Gasteiger partial charge >= 0.3 is 0 Å². The summed E-state index contributed by atoms with van der Waals surface area (Å²) < 4.78 is 7.65. The molecule has 6 heteroatoms. The molecule has 3 heterocycles. The summed E-state index contributed by atoms with van der Waals surface area (Å²) in [5.74, 6) is 0.579. The van der Waals surface area contributed by atoms with Crippen molar-refractivity contribution in [2.45, 2.75) is 25.7 Å². The predicted molar refractivity (Wildman–Crippen MR) is 128 cm³/mol. The summed E-state index contributed by atoms with van der Waals surface area (Å²) >= 11 is 0. The highest BCUT2D eigenvalue weighted by Gasteiger charge is 2.19. The van der Waals surface area contributed by atoms with E-state index in [-0.39, 0.29) is 0 Å². The molecule has 2 aliphatic rings. The Morgan fingerprint density at radius 1 is 0.906 bits per heavy atom. The molecule has 0 saturated carbocycles. The number of anilines is 2. The van der Waals surface area contributed by atoms with Crippen molar-refractivity contribution in [3.63, 3.8) is 0 Å². The number of hydrogen-bond acceptors (Lipinski definition) is 5. The van der Waals surface area contributed by atoms with Crippen molar-refractivity contribution >= 4 is 22.4 Å². The van der Waals surface area contributed by atoms with E-state index in [0.29, 0.717) is 5.82 Å². The third-order valence-corrected chi connectivity index (χ3v) is 6.68. The lowest BCUT2D eigenvalue weighted by atomic mass is 9.97. The lowest BCUT2D eigenvalue weighted by molar-refractivity contribution is 0.123. The van der Waals surface area contributed by atoms with E-state index >= 15 is 0 Å². The van der Waals surface area contributed by atoms with Crippen LogP contribution in [0.4, 0.5) is 11.5 Å². The van der Waals surface area contributed by atoms with Crippen molar-refractivity contribution in [2.75, 3.05) is 36.9 Å². The van der Waals surface area contributed by atoms with E-state index in [0.717, 1.165) is 67.0 Å². The number of para-hydroxylation sites is 1. The van der Waals surface area contributed by atoms with Gasteiger partial charge < -0.3 is 15.4 Å². The first kappa shape index (κ1) is 19.3. The minimum Gasteiger partial charge on any atom is -0.382 e. The molecule has 0 bridgehead atoms. The van der Waals surface area contributed by atoms with Crippen molar-refractivity contribution in [3.8, 4) is 16.8 Å². The van der Waals surface area contributed by atoms with Crippen LogP contribution in [0.25, 0.3) is 27.7 Å². The molecule has 1 saturated heterocycles. The number of benzene rings is 2. The molecule has 0 amide bonds. The number of hydrogen-bond donors (Lipinski definition) is 1. The average Bonchev–Trinajstić information content (AvgIpc) is 3.28. The molecule has 162 valence electrons. The zero-order chi connectivity index (χ0) is 21.5. The van der Waals surface area contributed by atoms with Crippen LogP contribution < -0.4 is 10.6 Å². The molecule has 32 heavy (non-hydrogen) atoms. The predicted octanol–water partition coefficient (Wildman–Crippen LogP) is 4.39. The fourth-order valence-corrected chi connectivity index (χ4v) is 5.01.